The molecule has 0 N–H and O–H groups in total. The van der Waals surface area contributed by atoms with Gasteiger partial charge in [0.25, 0.3) is 17.7 Å². The molecule has 0 radical (unpaired) electrons. The van der Waals surface area contributed by atoms with E-state index >= 15 is 0 Å². The quantitative estimate of drug-likeness (QED) is 0.321. The van der Waals surface area contributed by atoms with Gasteiger partial charge in [-0.1, -0.05) is 90.5 Å². The summed E-state index contributed by atoms with van der Waals surface area (Å²) in [6.45, 7) is 0.0917. The smallest absolute Gasteiger partial charge is 0.272 e. The highest BCUT2D eigenvalue weighted by atomic mass is 35.5. The van der Waals surface area contributed by atoms with Gasteiger partial charge in [-0.15, -0.1) is 0 Å². The molecule has 3 amide bonds. The number of hydrogen-bond acceptors (Lipinski definition) is 3. The van der Waals surface area contributed by atoms with Gasteiger partial charge in [-0.2, -0.15) is 5.01 Å². The lowest BCUT2D eigenvalue weighted by Gasteiger charge is -2.45. The minimum atomic E-state index is -0.561. The van der Waals surface area contributed by atoms with Crippen LogP contribution in [0.5, 0.6) is 0 Å². The Morgan fingerprint density at radius 2 is 1.11 bits per heavy atom. The Hall–Kier alpha value is -4.22. The van der Waals surface area contributed by atoms with Crippen LogP contribution in [-0.2, 0) is 16.1 Å². The summed E-state index contributed by atoms with van der Waals surface area (Å²) in [4.78, 5) is 42.4. The summed E-state index contributed by atoms with van der Waals surface area (Å²) >= 11 is 6.07. The summed E-state index contributed by atoms with van der Waals surface area (Å²) in [7, 11) is 0. The molecule has 2 bridgehead atoms. The van der Waals surface area contributed by atoms with Crippen molar-refractivity contribution in [3.63, 3.8) is 0 Å². The number of benzene rings is 4. The number of amides is 3. The van der Waals surface area contributed by atoms with Gasteiger partial charge in [0, 0.05) is 22.4 Å². The van der Waals surface area contributed by atoms with Crippen molar-refractivity contribution in [3.8, 4) is 0 Å². The van der Waals surface area contributed by atoms with Crippen molar-refractivity contribution in [2.75, 3.05) is 0 Å². The molecule has 4 aliphatic rings. The van der Waals surface area contributed by atoms with Gasteiger partial charge >= 0.3 is 0 Å². The van der Waals surface area contributed by atoms with E-state index in [4.69, 9.17) is 11.6 Å². The number of nitrogens with zero attached hydrogens (tertiary/aromatic N) is 2. The molecule has 4 aromatic rings. The summed E-state index contributed by atoms with van der Waals surface area (Å²) in [6.07, 6.45) is 0. The van der Waals surface area contributed by atoms with Gasteiger partial charge in [-0.3, -0.25) is 14.4 Å². The molecule has 1 aliphatic heterocycles. The predicted octanol–water partition coefficient (Wildman–Crippen LogP) is 5.79. The topological polar surface area (TPSA) is 57.7 Å². The van der Waals surface area contributed by atoms with Crippen molar-refractivity contribution in [3.05, 3.63) is 142 Å². The molecule has 0 aromatic heterocycles. The molecule has 4 aromatic carbocycles. The first kappa shape index (κ1) is 22.9. The molecule has 1 heterocycles. The molecule has 186 valence electrons. The monoisotopic (exact) mass is 518 g/mol. The Morgan fingerprint density at radius 3 is 1.58 bits per heavy atom. The van der Waals surface area contributed by atoms with E-state index < -0.39 is 17.7 Å². The summed E-state index contributed by atoms with van der Waals surface area (Å²) in [5.41, 5.74) is 5.56. The van der Waals surface area contributed by atoms with Crippen LogP contribution in [0.15, 0.2) is 103 Å². The second-order valence-corrected chi connectivity index (χ2v) is 10.5. The van der Waals surface area contributed by atoms with Crippen LogP contribution in [0.25, 0.3) is 0 Å². The van der Waals surface area contributed by atoms with E-state index in [0.29, 0.717) is 10.6 Å². The Balaban J connectivity index is 1.35. The van der Waals surface area contributed by atoms with Gasteiger partial charge in [0.1, 0.15) is 0 Å². The Bertz CT molecular complexity index is 1490. The van der Waals surface area contributed by atoms with Gasteiger partial charge in [-0.25, -0.2) is 5.01 Å². The first-order chi connectivity index (χ1) is 18.5. The largest absolute Gasteiger partial charge is 0.273 e. The first-order valence-corrected chi connectivity index (χ1v) is 13.1. The van der Waals surface area contributed by atoms with Crippen LogP contribution < -0.4 is 0 Å². The normalized spacial score (nSPS) is 22.6. The van der Waals surface area contributed by atoms with Crippen LogP contribution in [-0.4, -0.2) is 27.7 Å². The molecule has 0 spiro atoms. The highest BCUT2D eigenvalue weighted by Crippen LogP contribution is 2.61. The number of imide groups is 1. The molecular formula is C32H23ClN2O3. The molecule has 1 saturated heterocycles. The maximum Gasteiger partial charge on any atom is 0.273 e. The number of hydrogen-bond donors (Lipinski definition) is 0. The average Bonchev–Trinajstić information content (AvgIpc) is 3.22. The SMILES string of the molecule is O=C(c1ccc(Cl)cc1)N(Cc1ccccc1)N1C(=O)[C@@H]2C3c4ccccc4C(c4ccccc43)[C@H]2C1=O. The van der Waals surface area contributed by atoms with E-state index in [0.717, 1.165) is 32.8 Å². The number of rotatable bonds is 4. The van der Waals surface area contributed by atoms with Crippen molar-refractivity contribution in [2.24, 2.45) is 11.8 Å². The minimum absolute atomic E-state index is 0.0917. The zero-order valence-corrected chi connectivity index (χ0v) is 21.1. The molecule has 2 atom stereocenters. The summed E-state index contributed by atoms with van der Waals surface area (Å²) in [5.74, 6) is -2.66. The Morgan fingerprint density at radius 1 is 0.658 bits per heavy atom. The Kier molecular flexibility index (Phi) is 5.24. The third kappa shape index (κ3) is 3.28. The maximum absolute atomic E-state index is 14.3. The first-order valence-electron chi connectivity index (χ1n) is 12.7. The highest BCUT2D eigenvalue weighted by Gasteiger charge is 2.63. The van der Waals surface area contributed by atoms with Crippen molar-refractivity contribution in [2.45, 2.75) is 18.4 Å². The molecule has 5 nitrogen and oxygen atoms in total. The summed E-state index contributed by atoms with van der Waals surface area (Å²) in [6, 6.07) is 32.2. The number of hydrazine groups is 1. The summed E-state index contributed by atoms with van der Waals surface area (Å²) < 4.78 is 0. The average molecular weight is 519 g/mol. The lowest BCUT2D eigenvalue weighted by molar-refractivity contribution is -0.155. The van der Waals surface area contributed by atoms with Gasteiger partial charge in [0.15, 0.2) is 0 Å². The molecule has 38 heavy (non-hydrogen) atoms. The fraction of sp³-hybridized carbons (Fsp3) is 0.156. The second kappa shape index (κ2) is 8.67. The molecule has 3 aliphatic carbocycles. The van der Waals surface area contributed by atoms with E-state index in [9.17, 15) is 14.4 Å². The summed E-state index contributed by atoms with van der Waals surface area (Å²) in [5, 5.41) is 2.95. The molecular weight excluding hydrogens is 496 g/mol. The predicted molar refractivity (Wildman–Crippen MR) is 143 cm³/mol. The fourth-order valence-electron chi connectivity index (χ4n) is 6.63. The Labute approximate surface area is 225 Å². The van der Waals surface area contributed by atoms with E-state index in [-0.39, 0.29) is 30.2 Å². The minimum Gasteiger partial charge on any atom is -0.272 e. The number of carbonyl (C=O) groups excluding carboxylic acids is 3. The molecule has 0 saturated carbocycles. The van der Waals surface area contributed by atoms with Crippen molar-refractivity contribution in [1.82, 2.24) is 10.0 Å². The van der Waals surface area contributed by atoms with Crippen LogP contribution in [0.2, 0.25) is 5.02 Å². The second-order valence-electron chi connectivity index (χ2n) is 10.1. The van der Waals surface area contributed by atoms with Crippen LogP contribution in [0, 0.1) is 11.8 Å². The van der Waals surface area contributed by atoms with E-state index in [1.54, 1.807) is 24.3 Å². The van der Waals surface area contributed by atoms with Crippen molar-refractivity contribution in [1.29, 1.82) is 0 Å². The van der Waals surface area contributed by atoms with E-state index in [2.05, 4.69) is 24.3 Å². The standard InChI is InChI=1S/C32H23ClN2O3/c33-21-16-14-20(15-17-21)30(36)34(18-19-8-2-1-3-9-19)35-31(37)28-26-22-10-4-5-11-23(22)27(29(28)32(35)38)25-13-7-6-12-24(25)26/h1-17,26-29H,18H2/t26?,27?,28-,29-/m1/s1. The third-order valence-corrected chi connectivity index (χ3v) is 8.42. The van der Waals surface area contributed by atoms with E-state index in [1.807, 2.05) is 54.6 Å². The zero-order valence-electron chi connectivity index (χ0n) is 20.3. The van der Waals surface area contributed by atoms with Crippen LogP contribution in [0.4, 0.5) is 0 Å². The third-order valence-electron chi connectivity index (χ3n) is 8.17. The molecule has 0 unspecified atom stereocenters. The lowest BCUT2D eigenvalue weighted by atomic mass is 9.55. The van der Waals surface area contributed by atoms with Crippen LogP contribution in [0.3, 0.4) is 0 Å². The lowest BCUT2D eigenvalue weighted by Crippen LogP contribution is -2.50. The molecule has 6 heteroatoms. The number of halogens is 1. The zero-order chi connectivity index (χ0) is 26.0. The number of carbonyl (C=O) groups is 3. The van der Waals surface area contributed by atoms with Crippen LogP contribution >= 0.6 is 11.6 Å². The highest BCUT2D eigenvalue weighted by molar-refractivity contribution is 6.30. The van der Waals surface area contributed by atoms with Crippen molar-refractivity contribution < 1.29 is 14.4 Å². The molecule has 1 fully saturated rings. The van der Waals surface area contributed by atoms with Gasteiger partial charge in [-0.05, 0) is 52.1 Å². The van der Waals surface area contributed by atoms with Gasteiger partial charge < -0.3 is 0 Å². The van der Waals surface area contributed by atoms with Crippen molar-refractivity contribution >= 4 is 29.3 Å². The van der Waals surface area contributed by atoms with Gasteiger partial charge in [0.2, 0.25) is 0 Å². The van der Waals surface area contributed by atoms with E-state index in [1.165, 1.54) is 5.01 Å². The fourth-order valence-corrected chi connectivity index (χ4v) is 6.76. The van der Waals surface area contributed by atoms with Crippen LogP contribution in [0.1, 0.15) is 50.0 Å². The molecule has 8 rings (SSSR count). The van der Waals surface area contributed by atoms with Gasteiger partial charge in [0.05, 0.1) is 18.4 Å². The maximum atomic E-state index is 14.3.